The molecule has 2 aromatic carbocycles. The van der Waals surface area contributed by atoms with E-state index in [0.29, 0.717) is 23.6 Å². The minimum Gasteiger partial charge on any atom is -0.497 e. The van der Waals surface area contributed by atoms with E-state index in [1.807, 2.05) is 30.3 Å². The van der Waals surface area contributed by atoms with Gasteiger partial charge in [0.2, 0.25) is 10.0 Å². The van der Waals surface area contributed by atoms with Crippen LogP contribution in [0.2, 0.25) is 0 Å². The molecule has 1 amide bonds. The molecule has 4 rings (SSSR count). The first-order chi connectivity index (χ1) is 14.8. The molecule has 1 N–H and O–H groups in total. The molecule has 9 heteroatoms. The molecule has 3 aromatic rings. The Labute approximate surface area is 180 Å². The van der Waals surface area contributed by atoms with Gasteiger partial charge in [0.25, 0.3) is 0 Å². The highest BCUT2D eigenvalue weighted by atomic mass is 32.2. The van der Waals surface area contributed by atoms with Crippen LogP contribution in [-0.4, -0.2) is 38.4 Å². The van der Waals surface area contributed by atoms with Gasteiger partial charge in [-0.1, -0.05) is 24.3 Å². The predicted molar refractivity (Wildman–Crippen MR) is 117 cm³/mol. The Morgan fingerprint density at radius 3 is 2.58 bits per heavy atom. The van der Waals surface area contributed by atoms with Crippen molar-refractivity contribution in [1.82, 2.24) is 5.01 Å². The number of carbonyl (C=O) groups is 1. The van der Waals surface area contributed by atoms with Crippen molar-refractivity contribution in [2.45, 2.75) is 12.5 Å². The largest absolute Gasteiger partial charge is 0.497 e. The Morgan fingerprint density at radius 1 is 1.16 bits per heavy atom. The van der Waals surface area contributed by atoms with Crippen LogP contribution < -0.4 is 9.46 Å². The van der Waals surface area contributed by atoms with E-state index in [4.69, 9.17) is 9.15 Å². The zero-order valence-electron chi connectivity index (χ0n) is 17.0. The Kier molecular flexibility index (Phi) is 5.51. The van der Waals surface area contributed by atoms with Gasteiger partial charge in [-0.2, -0.15) is 5.10 Å². The van der Waals surface area contributed by atoms with Crippen LogP contribution in [0.1, 0.15) is 34.1 Å². The summed E-state index contributed by atoms with van der Waals surface area (Å²) in [5.41, 5.74) is 2.71. The van der Waals surface area contributed by atoms with Gasteiger partial charge in [-0.3, -0.25) is 9.52 Å². The average Bonchev–Trinajstić information content (AvgIpc) is 3.43. The van der Waals surface area contributed by atoms with Gasteiger partial charge in [0.15, 0.2) is 5.76 Å². The van der Waals surface area contributed by atoms with Gasteiger partial charge < -0.3 is 9.15 Å². The van der Waals surface area contributed by atoms with Crippen LogP contribution in [0, 0.1) is 0 Å². The maximum atomic E-state index is 13.1. The summed E-state index contributed by atoms with van der Waals surface area (Å²) in [6.07, 6.45) is 2.99. The number of methoxy groups -OCH3 is 1. The lowest BCUT2D eigenvalue weighted by Crippen LogP contribution is -2.26. The molecule has 0 bridgehead atoms. The van der Waals surface area contributed by atoms with Crippen molar-refractivity contribution >= 4 is 27.3 Å². The number of nitrogens with one attached hydrogen (secondary N) is 1. The van der Waals surface area contributed by atoms with Crippen LogP contribution in [0.3, 0.4) is 0 Å². The molecule has 0 saturated carbocycles. The van der Waals surface area contributed by atoms with Gasteiger partial charge in [-0.15, -0.1) is 0 Å². The minimum atomic E-state index is -3.41. The molecule has 0 saturated heterocycles. The molecule has 1 aromatic heterocycles. The van der Waals surface area contributed by atoms with Crippen molar-refractivity contribution in [3.8, 4) is 5.75 Å². The molecule has 0 aliphatic carbocycles. The monoisotopic (exact) mass is 439 g/mol. The van der Waals surface area contributed by atoms with E-state index >= 15 is 0 Å². The van der Waals surface area contributed by atoms with Gasteiger partial charge in [0.1, 0.15) is 5.75 Å². The second kappa shape index (κ2) is 8.27. The molecule has 1 aliphatic heterocycles. The number of benzene rings is 2. The Morgan fingerprint density at radius 2 is 1.94 bits per heavy atom. The summed E-state index contributed by atoms with van der Waals surface area (Å²) in [6.45, 7) is 0. The molecule has 31 heavy (non-hydrogen) atoms. The lowest BCUT2D eigenvalue weighted by molar-refractivity contribution is 0.0678. The standard InChI is InChI=1S/C22H21N3O5S/c1-29-18-10-8-15(9-11-18)20-14-19(23-25(20)22(26)21-7-4-12-30-21)16-5-3-6-17(13-16)24-31(2,27)28/h3-13,20,24H,14H2,1-2H3/t20-/m0/s1. The van der Waals surface area contributed by atoms with Gasteiger partial charge in [0.05, 0.1) is 31.4 Å². The van der Waals surface area contributed by atoms with E-state index in [1.165, 1.54) is 11.3 Å². The van der Waals surface area contributed by atoms with Crippen molar-refractivity contribution < 1.29 is 22.4 Å². The van der Waals surface area contributed by atoms with Crippen molar-refractivity contribution in [2.75, 3.05) is 18.1 Å². The first kappa shape index (κ1) is 20.7. The van der Waals surface area contributed by atoms with E-state index in [9.17, 15) is 13.2 Å². The number of nitrogens with zero attached hydrogens (tertiary/aromatic N) is 2. The summed E-state index contributed by atoms with van der Waals surface area (Å²) in [5, 5.41) is 5.99. The van der Waals surface area contributed by atoms with E-state index in [0.717, 1.165) is 17.4 Å². The summed E-state index contributed by atoms with van der Waals surface area (Å²) in [7, 11) is -1.82. The maximum absolute atomic E-state index is 13.1. The van der Waals surface area contributed by atoms with Crippen molar-refractivity contribution in [3.63, 3.8) is 0 Å². The van der Waals surface area contributed by atoms with Gasteiger partial charge in [-0.05, 0) is 47.5 Å². The van der Waals surface area contributed by atoms with Crippen LogP contribution in [-0.2, 0) is 10.0 Å². The quantitative estimate of drug-likeness (QED) is 0.632. The number of rotatable bonds is 6. The molecule has 0 spiro atoms. The average molecular weight is 439 g/mol. The number of anilines is 1. The molecule has 1 aliphatic rings. The van der Waals surface area contributed by atoms with Crippen molar-refractivity contribution in [1.29, 1.82) is 0 Å². The number of ether oxygens (including phenoxy) is 1. The number of hydrogen-bond donors (Lipinski definition) is 1. The van der Waals surface area contributed by atoms with E-state index in [1.54, 1.807) is 37.4 Å². The predicted octanol–water partition coefficient (Wildman–Crippen LogP) is 3.65. The Hall–Kier alpha value is -3.59. The summed E-state index contributed by atoms with van der Waals surface area (Å²) in [6, 6.07) is 17.3. The van der Waals surface area contributed by atoms with Crippen LogP contribution in [0.4, 0.5) is 5.69 Å². The second-order valence-corrected chi connectivity index (χ2v) is 8.87. The number of hydrogen-bond acceptors (Lipinski definition) is 6. The van der Waals surface area contributed by atoms with E-state index in [2.05, 4.69) is 9.82 Å². The fourth-order valence-corrected chi connectivity index (χ4v) is 4.00. The van der Waals surface area contributed by atoms with Crippen LogP contribution in [0.25, 0.3) is 0 Å². The molecule has 0 unspecified atom stereocenters. The summed E-state index contributed by atoms with van der Waals surface area (Å²) in [4.78, 5) is 13.1. The van der Waals surface area contributed by atoms with Gasteiger partial charge in [0, 0.05) is 12.1 Å². The molecule has 2 heterocycles. The first-order valence-electron chi connectivity index (χ1n) is 9.51. The summed E-state index contributed by atoms with van der Waals surface area (Å²) in [5.74, 6) is 0.550. The normalized spacial score (nSPS) is 16.1. The molecule has 0 fully saturated rings. The molecule has 1 atom stereocenters. The number of sulfonamides is 1. The highest BCUT2D eigenvalue weighted by Crippen LogP contribution is 2.35. The van der Waals surface area contributed by atoms with Gasteiger partial charge >= 0.3 is 5.91 Å². The van der Waals surface area contributed by atoms with Crippen LogP contribution >= 0.6 is 0 Å². The van der Waals surface area contributed by atoms with Crippen molar-refractivity contribution in [2.24, 2.45) is 5.10 Å². The molecular weight excluding hydrogens is 418 g/mol. The van der Waals surface area contributed by atoms with Crippen LogP contribution in [0.15, 0.2) is 76.4 Å². The Balaban J connectivity index is 1.70. The SMILES string of the molecule is COc1ccc([C@@H]2CC(c3cccc(NS(C)(=O)=O)c3)=NN2C(=O)c2ccco2)cc1. The fourth-order valence-electron chi connectivity index (χ4n) is 3.45. The maximum Gasteiger partial charge on any atom is 0.310 e. The lowest BCUT2D eigenvalue weighted by atomic mass is 9.98. The Bertz CT molecular complexity index is 1220. The zero-order chi connectivity index (χ0) is 22.0. The van der Waals surface area contributed by atoms with E-state index < -0.39 is 10.0 Å². The third kappa shape index (κ3) is 4.61. The number of amides is 1. The fraction of sp³-hybridized carbons (Fsp3) is 0.182. The second-order valence-electron chi connectivity index (χ2n) is 7.12. The highest BCUT2D eigenvalue weighted by Gasteiger charge is 2.34. The zero-order valence-corrected chi connectivity index (χ0v) is 17.8. The number of furan rings is 1. The third-order valence-electron chi connectivity index (χ3n) is 4.85. The minimum absolute atomic E-state index is 0.191. The molecule has 8 nitrogen and oxygen atoms in total. The molecule has 0 radical (unpaired) electrons. The smallest absolute Gasteiger partial charge is 0.310 e. The third-order valence-corrected chi connectivity index (χ3v) is 5.46. The summed E-state index contributed by atoms with van der Waals surface area (Å²) >= 11 is 0. The molecule has 160 valence electrons. The first-order valence-corrected chi connectivity index (χ1v) is 11.4. The van der Waals surface area contributed by atoms with Crippen molar-refractivity contribution in [3.05, 3.63) is 83.8 Å². The number of hydrazone groups is 1. The van der Waals surface area contributed by atoms with E-state index in [-0.39, 0.29) is 17.7 Å². The highest BCUT2D eigenvalue weighted by molar-refractivity contribution is 7.92. The van der Waals surface area contributed by atoms with Crippen LogP contribution in [0.5, 0.6) is 5.75 Å². The molecular formula is C22H21N3O5S. The lowest BCUT2D eigenvalue weighted by Gasteiger charge is -2.21. The van der Waals surface area contributed by atoms with Gasteiger partial charge in [-0.25, -0.2) is 13.4 Å². The topological polar surface area (TPSA) is 101 Å². The summed E-state index contributed by atoms with van der Waals surface area (Å²) < 4.78 is 36.1. The number of carbonyl (C=O) groups excluding carboxylic acids is 1.